The van der Waals surface area contributed by atoms with Crippen molar-refractivity contribution in [1.29, 1.82) is 0 Å². The Morgan fingerprint density at radius 2 is 2.00 bits per heavy atom. The van der Waals surface area contributed by atoms with Crippen LogP contribution in [0.1, 0.15) is 42.5 Å². The Labute approximate surface area is 196 Å². The van der Waals surface area contributed by atoms with Gasteiger partial charge in [0.1, 0.15) is 5.76 Å². The van der Waals surface area contributed by atoms with Crippen LogP contribution in [-0.2, 0) is 16.1 Å². The van der Waals surface area contributed by atoms with E-state index in [1.165, 1.54) is 5.56 Å². The lowest BCUT2D eigenvalue weighted by atomic mass is 9.94. The van der Waals surface area contributed by atoms with E-state index in [0.717, 1.165) is 43.2 Å². The summed E-state index contributed by atoms with van der Waals surface area (Å²) in [5, 5.41) is 4.04. The summed E-state index contributed by atoms with van der Waals surface area (Å²) in [6, 6.07) is 10.7. The van der Waals surface area contributed by atoms with E-state index in [2.05, 4.69) is 59.0 Å². The standard InChI is InChI=1S/C25H37N5O3/c1-17(2)11-30-14-22(32-16-23-18(3)28-33-19(23)4)13-29(15-24(30)31)12-21-10-26-27-25(21)20-8-6-5-7-9-20/h5-9,17,21-22,25-27H,10-16H2,1-4H3. The second kappa shape index (κ2) is 10.8. The zero-order chi connectivity index (χ0) is 23.4. The van der Waals surface area contributed by atoms with E-state index >= 15 is 0 Å². The predicted octanol–water partition coefficient (Wildman–Crippen LogP) is 2.44. The van der Waals surface area contributed by atoms with Crippen LogP contribution in [0.2, 0.25) is 0 Å². The van der Waals surface area contributed by atoms with Crippen LogP contribution in [-0.4, -0.2) is 66.2 Å². The van der Waals surface area contributed by atoms with Crippen molar-refractivity contribution in [3.8, 4) is 0 Å². The summed E-state index contributed by atoms with van der Waals surface area (Å²) < 4.78 is 11.7. The number of hydrogen-bond donors (Lipinski definition) is 2. The third kappa shape index (κ3) is 6.00. The molecule has 2 aromatic rings. The van der Waals surface area contributed by atoms with Crippen molar-refractivity contribution in [3.05, 3.63) is 52.9 Å². The first-order chi connectivity index (χ1) is 15.9. The number of ether oxygens (including phenoxy) is 1. The maximum absolute atomic E-state index is 13.1. The monoisotopic (exact) mass is 455 g/mol. The summed E-state index contributed by atoms with van der Waals surface area (Å²) in [6.45, 7) is 12.8. The number of amides is 1. The third-order valence-corrected chi connectivity index (χ3v) is 6.57. The molecule has 8 heteroatoms. The minimum atomic E-state index is -0.0682. The topological polar surface area (TPSA) is 82.9 Å². The van der Waals surface area contributed by atoms with Gasteiger partial charge in [-0.05, 0) is 25.3 Å². The van der Waals surface area contributed by atoms with E-state index in [0.29, 0.717) is 31.5 Å². The Bertz CT molecular complexity index is 897. The Balaban J connectivity index is 1.46. The summed E-state index contributed by atoms with van der Waals surface area (Å²) in [6.07, 6.45) is -0.0682. The average molecular weight is 456 g/mol. The molecule has 1 amide bonds. The SMILES string of the molecule is Cc1noc(C)c1COC1CN(CC2CNNC2c2ccccc2)CC(=O)N(CC(C)C)C1. The van der Waals surface area contributed by atoms with Gasteiger partial charge in [-0.1, -0.05) is 49.3 Å². The molecule has 2 N–H and O–H groups in total. The Hall–Kier alpha value is -2.26. The van der Waals surface area contributed by atoms with Gasteiger partial charge in [0.2, 0.25) is 5.91 Å². The summed E-state index contributed by atoms with van der Waals surface area (Å²) in [5.41, 5.74) is 9.87. The number of carbonyl (C=O) groups is 1. The van der Waals surface area contributed by atoms with Gasteiger partial charge in [0, 0.05) is 44.2 Å². The molecule has 0 spiro atoms. The largest absolute Gasteiger partial charge is 0.370 e. The molecular weight excluding hydrogens is 418 g/mol. The van der Waals surface area contributed by atoms with Crippen LogP contribution in [0.5, 0.6) is 0 Å². The summed E-state index contributed by atoms with van der Waals surface area (Å²) >= 11 is 0. The Morgan fingerprint density at radius 1 is 1.21 bits per heavy atom. The molecule has 3 unspecified atom stereocenters. The maximum atomic E-state index is 13.1. The highest BCUT2D eigenvalue weighted by Gasteiger charge is 2.34. The van der Waals surface area contributed by atoms with E-state index in [4.69, 9.17) is 9.26 Å². The first kappa shape index (κ1) is 23.9. The Morgan fingerprint density at radius 3 is 2.70 bits per heavy atom. The second-order valence-corrected chi connectivity index (χ2v) is 9.80. The van der Waals surface area contributed by atoms with Gasteiger partial charge in [-0.25, -0.2) is 5.43 Å². The smallest absolute Gasteiger partial charge is 0.236 e. The number of carbonyl (C=O) groups excluding carboxylic acids is 1. The number of aryl methyl sites for hydroxylation is 2. The van der Waals surface area contributed by atoms with E-state index in [9.17, 15) is 4.79 Å². The minimum absolute atomic E-state index is 0.0682. The van der Waals surface area contributed by atoms with Crippen LogP contribution in [0.3, 0.4) is 0 Å². The maximum Gasteiger partial charge on any atom is 0.236 e. The van der Waals surface area contributed by atoms with Gasteiger partial charge >= 0.3 is 0 Å². The molecule has 0 radical (unpaired) electrons. The van der Waals surface area contributed by atoms with Gasteiger partial charge in [0.05, 0.1) is 31.0 Å². The second-order valence-electron chi connectivity index (χ2n) is 9.80. The Kier molecular flexibility index (Phi) is 7.80. The number of hydrogen-bond acceptors (Lipinski definition) is 7. The molecule has 2 aliphatic heterocycles. The van der Waals surface area contributed by atoms with Gasteiger partial charge in [-0.2, -0.15) is 0 Å². The van der Waals surface area contributed by atoms with Gasteiger partial charge in [-0.15, -0.1) is 0 Å². The number of rotatable bonds is 8. The first-order valence-electron chi connectivity index (χ1n) is 12.0. The lowest BCUT2D eigenvalue weighted by Gasteiger charge is -2.28. The van der Waals surface area contributed by atoms with Crippen LogP contribution < -0.4 is 10.9 Å². The van der Waals surface area contributed by atoms with Crippen LogP contribution in [0.4, 0.5) is 0 Å². The van der Waals surface area contributed by atoms with Crippen molar-refractivity contribution >= 4 is 5.91 Å². The van der Waals surface area contributed by atoms with Crippen molar-refractivity contribution in [2.45, 2.75) is 46.4 Å². The first-order valence-corrected chi connectivity index (χ1v) is 12.0. The van der Waals surface area contributed by atoms with Crippen molar-refractivity contribution in [1.82, 2.24) is 25.8 Å². The van der Waals surface area contributed by atoms with Crippen LogP contribution in [0, 0.1) is 25.7 Å². The van der Waals surface area contributed by atoms with Gasteiger partial charge < -0.3 is 14.2 Å². The molecule has 8 nitrogen and oxygen atoms in total. The molecule has 4 rings (SSSR count). The molecule has 2 saturated heterocycles. The number of aromatic nitrogens is 1. The van der Waals surface area contributed by atoms with Crippen LogP contribution in [0.15, 0.2) is 34.9 Å². The number of hydrazine groups is 1. The van der Waals surface area contributed by atoms with Crippen molar-refractivity contribution in [2.75, 3.05) is 39.3 Å². The fourth-order valence-electron chi connectivity index (χ4n) is 4.87. The highest BCUT2D eigenvalue weighted by Crippen LogP contribution is 2.26. The molecule has 3 heterocycles. The van der Waals surface area contributed by atoms with E-state index in [1.54, 1.807) is 0 Å². The van der Waals surface area contributed by atoms with Crippen molar-refractivity contribution in [2.24, 2.45) is 11.8 Å². The zero-order valence-electron chi connectivity index (χ0n) is 20.2. The van der Waals surface area contributed by atoms with Gasteiger partial charge in [0.25, 0.3) is 0 Å². The fraction of sp³-hybridized carbons (Fsp3) is 0.600. The average Bonchev–Trinajstić information content (AvgIpc) is 3.33. The normalized spacial score (nSPS) is 24.6. The predicted molar refractivity (Wildman–Crippen MR) is 126 cm³/mol. The van der Waals surface area contributed by atoms with Crippen LogP contribution in [0.25, 0.3) is 0 Å². The number of benzene rings is 1. The van der Waals surface area contributed by atoms with Gasteiger partial charge in [-0.3, -0.25) is 15.1 Å². The molecule has 2 aliphatic rings. The summed E-state index contributed by atoms with van der Waals surface area (Å²) in [5.74, 6) is 1.75. The third-order valence-electron chi connectivity index (χ3n) is 6.57. The molecule has 2 fully saturated rings. The zero-order valence-corrected chi connectivity index (χ0v) is 20.2. The lowest BCUT2D eigenvalue weighted by Crippen LogP contribution is -2.40. The number of nitrogens with zero attached hydrogens (tertiary/aromatic N) is 3. The molecular formula is C25H37N5O3. The quantitative estimate of drug-likeness (QED) is 0.633. The molecule has 3 atom stereocenters. The minimum Gasteiger partial charge on any atom is -0.370 e. The molecule has 0 saturated carbocycles. The number of nitrogens with one attached hydrogen (secondary N) is 2. The highest BCUT2D eigenvalue weighted by atomic mass is 16.5. The van der Waals surface area contributed by atoms with E-state index in [1.807, 2.05) is 24.8 Å². The highest BCUT2D eigenvalue weighted by molar-refractivity contribution is 5.78. The van der Waals surface area contributed by atoms with Crippen LogP contribution >= 0.6 is 0 Å². The van der Waals surface area contributed by atoms with E-state index < -0.39 is 0 Å². The van der Waals surface area contributed by atoms with Crippen molar-refractivity contribution in [3.63, 3.8) is 0 Å². The van der Waals surface area contributed by atoms with Crippen molar-refractivity contribution < 1.29 is 14.1 Å². The molecule has 33 heavy (non-hydrogen) atoms. The fourth-order valence-corrected chi connectivity index (χ4v) is 4.87. The summed E-state index contributed by atoms with van der Waals surface area (Å²) in [4.78, 5) is 17.4. The molecule has 180 valence electrons. The van der Waals surface area contributed by atoms with Gasteiger partial charge in [0.15, 0.2) is 0 Å². The van der Waals surface area contributed by atoms with E-state index in [-0.39, 0.29) is 18.1 Å². The summed E-state index contributed by atoms with van der Waals surface area (Å²) in [7, 11) is 0. The molecule has 0 aliphatic carbocycles. The lowest BCUT2D eigenvalue weighted by molar-refractivity contribution is -0.132. The molecule has 1 aromatic heterocycles. The molecule has 0 bridgehead atoms. The molecule has 1 aromatic carbocycles.